The maximum atomic E-state index is 12.0. The summed E-state index contributed by atoms with van der Waals surface area (Å²) in [4.78, 5) is 23.9. The standard InChI is InChI=1S/C15H20ClNO4/c1-10-7-5-6-8-11(10)12(13(18)20-9-16)17-14(19)21-15(2,3)4/h5-8,12H,9H2,1-4H3,(H,17,19). The molecule has 0 saturated heterocycles. The van der Waals surface area contributed by atoms with E-state index in [1.54, 1.807) is 32.9 Å². The lowest BCUT2D eigenvalue weighted by molar-refractivity contribution is -0.144. The number of halogens is 1. The summed E-state index contributed by atoms with van der Waals surface area (Å²) in [7, 11) is 0. The first kappa shape index (κ1) is 17.3. The number of ether oxygens (including phenoxy) is 2. The fraction of sp³-hybridized carbons (Fsp3) is 0.467. The topological polar surface area (TPSA) is 64.6 Å². The molecule has 0 aliphatic rings. The van der Waals surface area contributed by atoms with Crippen molar-refractivity contribution in [2.75, 3.05) is 6.07 Å². The number of carbonyl (C=O) groups is 2. The number of carbonyl (C=O) groups excluding carboxylic acids is 2. The van der Waals surface area contributed by atoms with Crippen LogP contribution in [0.5, 0.6) is 0 Å². The van der Waals surface area contributed by atoms with Crippen molar-refractivity contribution in [1.29, 1.82) is 0 Å². The van der Waals surface area contributed by atoms with E-state index in [1.165, 1.54) is 0 Å². The summed E-state index contributed by atoms with van der Waals surface area (Å²) in [6, 6.07) is 5.97. The van der Waals surface area contributed by atoms with Gasteiger partial charge in [-0.3, -0.25) is 0 Å². The van der Waals surface area contributed by atoms with Crippen LogP contribution in [0.25, 0.3) is 0 Å². The molecule has 0 heterocycles. The van der Waals surface area contributed by atoms with Gasteiger partial charge in [0.15, 0.2) is 12.1 Å². The lowest BCUT2D eigenvalue weighted by Gasteiger charge is -2.23. The highest BCUT2D eigenvalue weighted by molar-refractivity contribution is 6.17. The number of rotatable bonds is 4. The van der Waals surface area contributed by atoms with Gasteiger partial charge in [-0.2, -0.15) is 0 Å². The largest absolute Gasteiger partial charge is 0.448 e. The molecule has 0 fully saturated rings. The third kappa shape index (κ3) is 5.63. The van der Waals surface area contributed by atoms with Crippen molar-refractivity contribution < 1.29 is 19.1 Å². The first-order chi connectivity index (χ1) is 9.74. The van der Waals surface area contributed by atoms with Gasteiger partial charge in [-0.1, -0.05) is 35.9 Å². The molecule has 1 unspecified atom stereocenters. The molecule has 1 rings (SSSR count). The molecule has 0 aromatic heterocycles. The molecule has 0 aliphatic heterocycles. The summed E-state index contributed by atoms with van der Waals surface area (Å²) in [5, 5.41) is 2.52. The number of alkyl carbamates (subject to hydrolysis) is 1. The number of alkyl halides is 1. The van der Waals surface area contributed by atoms with Gasteiger partial charge in [-0.25, -0.2) is 9.59 Å². The van der Waals surface area contributed by atoms with E-state index < -0.39 is 23.7 Å². The van der Waals surface area contributed by atoms with E-state index >= 15 is 0 Å². The molecule has 0 saturated carbocycles. The SMILES string of the molecule is Cc1ccccc1C(NC(=O)OC(C)(C)C)C(=O)OCCl. The molecule has 0 radical (unpaired) electrons. The Morgan fingerprint density at radius 1 is 1.29 bits per heavy atom. The first-order valence-corrected chi connectivity index (χ1v) is 7.05. The Morgan fingerprint density at radius 3 is 2.43 bits per heavy atom. The molecule has 0 bridgehead atoms. The van der Waals surface area contributed by atoms with Crippen LogP contribution in [0.15, 0.2) is 24.3 Å². The Hall–Kier alpha value is -1.75. The molecule has 6 heteroatoms. The van der Waals surface area contributed by atoms with Crippen LogP contribution in [-0.4, -0.2) is 23.7 Å². The second kappa shape index (κ2) is 7.31. The van der Waals surface area contributed by atoms with E-state index in [1.807, 2.05) is 19.1 Å². The van der Waals surface area contributed by atoms with Crippen molar-refractivity contribution in [2.24, 2.45) is 0 Å². The van der Waals surface area contributed by atoms with E-state index in [2.05, 4.69) is 5.32 Å². The Labute approximate surface area is 129 Å². The van der Waals surface area contributed by atoms with Gasteiger partial charge in [0, 0.05) is 0 Å². The van der Waals surface area contributed by atoms with Crippen LogP contribution in [0.2, 0.25) is 0 Å². The van der Waals surface area contributed by atoms with Crippen molar-refractivity contribution in [3.63, 3.8) is 0 Å². The number of hydrogen-bond acceptors (Lipinski definition) is 4. The highest BCUT2D eigenvalue weighted by Crippen LogP contribution is 2.20. The van der Waals surface area contributed by atoms with Crippen molar-refractivity contribution in [2.45, 2.75) is 39.3 Å². The maximum Gasteiger partial charge on any atom is 0.408 e. The predicted molar refractivity (Wildman–Crippen MR) is 80.1 cm³/mol. The average Bonchev–Trinajstić information content (AvgIpc) is 2.35. The van der Waals surface area contributed by atoms with Crippen molar-refractivity contribution in [3.05, 3.63) is 35.4 Å². The summed E-state index contributed by atoms with van der Waals surface area (Å²) in [6.45, 7) is 7.07. The van der Waals surface area contributed by atoms with E-state index in [4.69, 9.17) is 21.1 Å². The Morgan fingerprint density at radius 2 is 1.90 bits per heavy atom. The molecular weight excluding hydrogens is 294 g/mol. The first-order valence-electron chi connectivity index (χ1n) is 6.52. The maximum absolute atomic E-state index is 12.0. The molecule has 21 heavy (non-hydrogen) atoms. The Balaban J connectivity index is 2.96. The van der Waals surface area contributed by atoms with Crippen LogP contribution in [0.3, 0.4) is 0 Å². The monoisotopic (exact) mass is 313 g/mol. The quantitative estimate of drug-likeness (QED) is 0.684. The molecule has 1 amide bonds. The van der Waals surface area contributed by atoms with E-state index in [-0.39, 0.29) is 6.07 Å². The van der Waals surface area contributed by atoms with E-state index in [0.29, 0.717) is 5.56 Å². The number of benzene rings is 1. The lowest BCUT2D eigenvalue weighted by atomic mass is 10.0. The van der Waals surface area contributed by atoms with Crippen LogP contribution in [0.1, 0.15) is 37.9 Å². The van der Waals surface area contributed by atoms with Crippen LogP contribution >= 0.6 is 11.6 Å². The van der Waals surface area contributed by atoms with Gasteiger partial charge in [0.25, 0.3) is 0 Å². The van der Waals surface area contributed by atoms with Gasteiger partial charge < -0.3 is 14.8 Å². The number of nitrogens with one attached hydrogen (secondary N) is 1. The Kier molecular flexibility index (Phi) is 6.03. The second-order valence-corrected chi connectivity index (χ2v) is 5.73. The van der Waals surface area contributed by atoms with Gasteiger partial charge >= 0.3 is 12.1 Å². The molecule has 0 aliphatic carbocycles. The highest BCUT2D eigenvalue weighted by Gasteiger charge is 2.27. The fourth-order valence-corrected chi connectivity index (χ4v) is 1.84. The minimum Gasteiger partial charge on any atom is -0.448 e. The van der Waals surface area contributed by atoms with Crippen LogP contribution in [0, 0.1) is 6.92 Å². The van der Waals surface area contributed by atoms with Crippen molar-refractivity contribution in [1.82, 2.24) is 5.32 Å². The Bertz CT molecular complexity index is 511. The van der Waals surface area contributed by atoms with Gasteiger partial charge in [-0.15, -0.1) is 0 Å². The van der Waals surface area contributed by atoms with Crippen LogP contribution in [-0.2, 0) is 14.3 Å². The molecule has 1 N–H and O–H groups in total. The number of aryl methyl sites for hydroxylation is 1. The molecule has 1 atom stereocenters. The smallest absolute Gasteiger partial charge is 0.408 e. The van der Waals surface area contributed by atoms with E-state index in [9.17, 15) is 9.59 Å². The predicted octanol–water partition coefficient (Wildman–Crippen LogP) is 3.30. The van der Waals surface area contributed by atoms with E-state index in [0.717, 1.165) is 5.56 Å². The number of amides is 1. The van der Waals surface area contributed by atoms with Gasteiger partial charge in [0.2, 0.25) is 0 Å². The van der Waals surface area contributed by atoms with Gasteiger partial charge in [0.1, 0.15) is 5.60 Å². The minimum absolute atomic E-state index is 0.281. The van der Waals surface area contributed by atoms with Crippen molar-refractivity contribution in [3.8, 4) is 0 Å². The summed E-state index contributed by atoms with van der Waals surface area (Å²) in [5.74, 6) is -0.634. The zero-order valence-electron chi connectivity index (χ0n) is 12.6. The van der Waals surface area contributed by atoms with Crippen LogP contribution in [0.4, 0.5) is 4.79 Å². The normalized spacial score (nSPS) is 12.4. The fourth-order valence-electron chi connectivity index (χ4n) is 1.74. The highest BCUT2D eigenvalue weighted by atomic mass is 35.5. The molecule has 0 spiro atoms. The van der Waals surface area contributed by atoms with Gasteiger partial charge in [-0.05, 0) is 38.8 Å². The third-order valence-electron chi connectivity index (χ3n) is 2.59. The lowest BCUT2D eigenvalue weighted by Crippen LogP contribution is -2.39. The third-order valence-corrected chi connectivity index (χ3v) is 2.70. The summed E-state index contributed by atoms with van der Waals surface area (Å²) in [6.07, 6.45) is -0.692. The number of esters is 1. The zero-order valence-corrected chi connectivity index (χ0v) is 13.4. The number of hydrogen-bond donors (Lipinski definition) is 1. The summed E-state index contributed by atoms with van der Waals surface area (Å²) in [5.41, 5.74) is 0.833. The van der Waals surface area contributed by atoms with Gasteiger partial charge in [0.05, 0.1) is 0 Å². The second-order valence-electron chi connectivity index (χ2n) is 5.51. The molecule has 116 valence electrons. The van der Waals surface area contributed by atoms with Crippen molar-refractivity contribution >= 4 is 23.7 Å². The summed E-state index contributed by atoms with van der Waals surface area (Å²) >= 11 is 5.42. The molecule has 1 aromatic carbocycles. The summed E-state index contributed by atoms with van der Waals surface area (Å²) < 4.78 is 9.97. The molecule has 5 nitrogen and oxygen atoms in total. The zero-order chi connectivity index (χ0) is 16.0. The average molecular weight is 314 g/mol. The molecule has 1 aromatic rings. The minimum atomic E-state index is -0.959. The van der Waals surface area contributed by atoms with Crippen LogP contribution < -0.4 is 5.32 Å². The molecular formula is C15H20ClNO4.